The van der Waals surface area contributed by atoms with Gasteiger partial charge in [-0.25, -0.2) is 0 Å². The van der Waals surface area contributed by atoms with Crippen molar-refractivity contribution in [3.8, 4) is 5.75 Å². The zero-order chi connectivity index (χ0) is 12.0. The minimum atomic E-state index is 0.295. The van der Waals surface area contributed by atoms with Gasteiger partial charge in [0.2, 0.25) is 0 Å². The molecule has 0 radical (unpaired) electrons. The van der Waals surface area contributed by atoms with Gasteiger partial charge in [-0.1, -0.05) is 22.9 Å². The predicted octanol–water partition coefficient (Wildman–Crippen LogP) is 3.43. The van der Waals surface area contributed by atoms with E-state index in [0.717, 1.165) is 28.1 Å². The van der Waals surface area contributed by atoms with Crippen LogP contribution in [0.1, 0.15) is 18.9 Å². The second-order valence-corrected chi connectivity index (χ2v) is 5.59. The molecule has 0 aliphatic carbocycles. The third-order valence-electron chi connectivity index (χ3n) is 2.36. The lowest BCUT2D eigenvalue weighted by Crippen LogP contribution is -2.21. The van der Waals surface area contributed by atoms with Crippen molar-refractivity contribution in [2.45, 2.75) is 25.1 Å². The summed E-state index contributed by atoms with van der Waals surface area (Å²) >= 11 is 5.32. The van der Waals surface area contributed by atoms with Gasteiger partial charge in [0.25, 0.3) is 0 Å². The molecule has 0 aromatic heterocycles. The Hall–Kier alpha value is -0.190. The second kappa shape index (κ2) is 7.20. The van der Waals surface area contributed by atoms with Crippen molar-refractivity contribution in [1.82, 2.24) is 0 Å². The van der Waals surface area contributed by atoms with E-state index in [1.165, 1.54) is 5.56 Å². The third-order valence-corrected chi connectivity index (χ3v) is 4.03. The number of hydrogen-bond acceptors (Lipinski definition) is 3. The maximum atomic E-state index is 5.88. The van der Waals surface area contributed by atoms with Crippen molar-refractivity contribution < 1.29 is 4.74 Å². The molecule has 0 spiro atoms. The number of methoxy groups -OCH3 is 1. The first-order valence-corrected chi connectivity index (χ1v) is 7.27. The van der Waals surface area contributed by atoms with Crippen LogP contribution in [0.4, 0.5) is 0 Å². The molecule has 0 saturated heterocycles. The van der Waals surface area contributed by atoms with Crippen molar-refractivity contribution in [2.24, 2.45) is 5.73 Å². The lowest BCUT2D eigenvalue weighted by molar-refractivity contribution is 0.411. The molecule has 0 fully saturated rings. The molecule has 90 valence electrons. The monoisotopic (exact) mass is 303 g/mol. The number of ether oxygens (including phenoxy) is 1. The zero-order valence-electron chi connectivity index (χ0n) is 9.70. The first kappa shape index (κ1) is 13.9. The molecular weight excluding hydrogens is 286 g/mol. The van der Waals surface area contributed by atoms with Crippen LogP contribution >= 0.6 is 27.7 Å². The van der Waals surface area contributed by atoms with Crippen molar-refractivity contribution in [3.63, 3.8) is 0 Å². The number of hydrogen-bond donors (Lipinski definition) is 1. The van der Waals surface area contributed by atoms with Crippen molar-refractivity contribution >= 4 is 27.7 Å². The highest BCUT2D eigenvalue weighted by Gasteiger charge is 2.05. The Morgan fingerprint density at radius 3 is 2.88 bits per heavy atom. The summed E-state index contributed by atoms with van der Waals surface area (Å²) in [5.41, 5.74) is 7.09. The van der Waals surface area contributed by atoms with Gasteiger partial charge in [-0.3, -0.25) is 0 Å². The number of nitrogens with two attached hydrogens (primary N) is 1. The van der Waals surface area contributed by atoms with Crippen LogP contribution in [0.5, 0.6) is 5.75 Å². The Labute approximate surface area is 110 Å². The van der Waals surface area contributed by atoms with Gasteiger partial charge in [0, 0.05) is 27.6 Å². The Bertz CT molecular complexity index is 333. The number of thioether (sulfide) groups is 1. The molecule has 0 aliphatic heterocycles. The summed E-state index contributed by atoms with van der Waals surface area (Å²) in [5.74, 6) is 2.88. The van der Waals surface area contributed by atoms with Crippen LogP contribution < -0.4 is 10.5 Å². The van der Waals surface area contributed by atoms with Gasteiger partial charge in [0.15, 0.2) is 0 Å². The summed E-state index contributed by atoms with van der Waals surface area (Å²) in [7, 11) is 1.70. The van der Waals surface area contributed by atoms with E-state index in [4.69, 9.17) is 10.5 Å². The average Bonchev–Trinajstić information content (AvgIpc) is 2.29. The van der Waals surface area contributed by atoms with E-state index < -0.39 is 0 Å². The summed E-state index contributed by atoms with van der Waals surface area (Å²) in [6, 6.07) is 6.37. The zero-order valence-corrected chi connectivity index (χ0v) is 12.1. The molecule has 1 rings (SSSR count). The lowest BCUT2D eigenvalue weighted by Gasteiger charge is -2.11. The smallest absolute Gasteiger partial charge is 0.122 e. The predicted molar refractivity (Wildman–Crippen MR) is 75.1 cm³/mol. The molecule has 2 N–H and O–H groups in total. The van der Waals surface area contributed by atoms with Gasteiger partial charge in [-0.05, 0) is 24.6 Å². The molecule has 0 amide bonds. The summed E-state index contributed by atoms with van der Waals surface area (Å²) in [6.45, 7) is 2.12. The molecule has 4 heteroatoms. The molecule has 0 heterocycles. The fraction of sp³-hybridized carbons (Fsp3) is 0.500. The topological polar surface area (TPSA) is 35.2 Å². The highest BCUT2D eigenvalue weighted by molar-refractivity contribution is 9.10. The van der Waals surface area contributed by atoms with Gasteiger partial charge in [-0.2, -0.15) is 11.8 Å². The minimum Gasteiger partial charge on any atom is -0.496 e. The average molecular weight is 304 g/mol. The molecule has 1 aromatic rings. The van der Waals surface area contributed by atoms with Crippen LogP contribution in [-0.2, 0) is 5.75 Å². The maximum absolute atomic E-state index is 5.88. The molecule has 1 atom stereocenters. The highest BCUT2D eigenvalue weighted by atomic mass is 79.9. The second-order valence-electron chi connectivity index (χ2n) is 3.64. The Balaban J connectivity index is 2.55. The normalized spacial score (nSPS) is 12.5. The minimum absolute atomic E-state index is 0.295. The highest BCUT2D eigenvalue weighted by Crippen LogP contribution is 2.26. The summed E-state index contributed by atoms with van der Waals surface area (Å²) < 4.78 is 6.41. The Morgan fingerprint density at radius 1 is 1.50 bits per heavy atom. The van der Waals surface area contributed by atoms with E-state index in [1.807, 2.05) is 23.9 Å². The van der Waals surface area contributed by atoms with E-state index in [9.17, 15) is 0 Å². The van der Waals surface area contributed by atoms with Gasteiger partial charge in [-0.15, -0.1) is 0 Å². The maximum Gasteiger partial charge on any atom is 0.122 e. The third kappa shape index (κ3) is 4.36. The van der Waals surface area contributed by atoms with Crippen molar-refractivity contribution in [2.75, 3.05) is 12.9 Å². The van der Waals surface area contributed by atoms with E-state index in [-0.39, 0.29) is 0 Å². The molecule has 1 unspecified atom stereocenters. The quantitative estimate of drug-likeness (QED) is 0.874. The molecule has 0 saturated carbocycles. The molecule has 0 bridgehead atoms. The molecule has 1 aromatic carbocycles. The van der Waals surface area contributed by atoms with Gasteiger partial charge < -0.3 is 10.5 Å². The first-order chi connectivity index (χ1) is 7.67. The molecule has 16 heavy (non-hydrogen) atoms. The van der Waals surface area contributed by atoms with Gasteiger partial charge in [0.05, 0.1) is 7.11 Å². The van der Waals surface area contributed by atoms with Crippen LogP contribution in [0, 0.1) is 0 Å². The van der Waals surface area contributed by atoms with Gasteiger partial charge >= 0.3 is 0 Å². The summed E-state index contributed by atoms with van der Waals surface area (Å²) in [6.07, 6.45) is 1.03. The van der Waals surface area contributed by atoms with Crippen molar-refractivity contribution in [3.05, 3.63) is 28.2 Å². The lowest BCUT2D eigenvalue weighted by atomic mass is 10.2. The number of rotatable bonds is 6. The van der Waals surface area contributed by atoms with Crippen LogP contribution in [0.25, 0.3) is 0 Å². The fourth-order valence-electron chi connectivity index (χ4n) is 1.30. The molecular formula is C12H18BrNOS. The number of benzene rings is 1. The van der Waals surface area contributed by atoms with Crippen molar-refractivity contribution in [1.29, 1.82) is 0 Å². The van der Waals surface area contributed by atoms with E-state index in [1.54, 1.807) is 7.11 Å². The first-order valence-electron chi connectivity index (χ1n) is 5.33. The van der Waals surface area contributed by atoms with Crippen LogP contribution in [0.15, 0.2) is 22.7 Å². The standard InChI is InChI=1S/C12H18BrNOS/c1-3-11(14)8-16-7-9-6-10(13)4-5-12(9)15-2/h4-6,11H,3,7-8,14H2,1-2H3. The molecule has 2 nitrogen and oxygen atoms in total. The Morgan fingerprint density at radius 2 is 2.25 bits per heavy atom. The van der Waals surface area contributed by atoms with Crippen LogP contribution in [-0.4, -0.2) is 18.9 Å². The number of halogens is 1. The van der Waals surface area contributed by atoms with Gasteiger partial charge in [0.1, 0.15) is 5.75 Å². The molecule has 0 aliphatic rings. The van der Waals surface area contributed by atoms with E-state index in [2.05, 4.69) is 28.9 Å². The summed E-state index contributed by atoms with van der Waals surface area (Å²) in [5, 5.41) is 0. The summed E-state index contributed by atoms with van der Waals surface area (Å²) in [4.78, 5) is 0. The largest absolute Gasteiger partial charge is 0.496 e. The Kier molecular flexibility index (Phi) is 6.24. The van der Waals surface area contributed by atoms with Crippen LogP contribution in [0.2, 0.25) is 0 Å². The van der Waals surface area contributed by atoms with E-state index >= 15 is 0 Å². The van der Waals surface area contributed by atoms with Crippen LogP contribution in [0.3, 0.4) is 0 Å². The van der Waals surface area contributed by atoms with E-state index in [0.29, 0.717) is 6.04 Å². The fourth-order valence-corrected chi connectivity index (χ4v) is 2.81. The SMILES string of the molecule is CCC(N)CSCc1cc(Br)ccc1OC.